The zero-order valence-corrected chi connectivity index (χ0v) is 24.2. The van der Waals surface area contributed by atoms with E-state index in [0.29, 0.717) is 29.7 Å². The summed E-state index contributed by atoms with van der Waals surface area (Å²) in [5, 5.41) is 10.0. The van der Waals surface area contributed by atoms with E-state index < -0.39 is 5.97 Å². The number of carboxylic acid groups (broad SMARTS) is 1. The molecule has 1 saturated carbocycles. The first kappa shape index (κ1) is 29.5. The fourth-order valence-electron chi connectivity index (χ4n) is 4.55. The van der Waals surface area contributed by atoms with Crippen molar-refractivity contribution in [3.05, 3.63) is 15.8 Å². The van der Waals surface area contributed by atoms with Crippen LogP contribution in [0.25, 0.3) is 0 Å². The standard InChI is InChI=1S/C30H43NO5S/c1-7-20(2)8-9-21(3)28(32)31(17-22-10-12-23(13-11-22)36-24-18-35-19-24)26-16-25(14-15-30(4,5)6)37-27(26)29(33)34/h16-17,20-24H,7-13,18-19H2,1-6H3/p+1. The van der Waals surface area contributed by atoms with Crippen LogP contribution in [0.1, 0.15) is 101 Å². The predicted molar refractivity (Wildman–Crippen MR) is 148 cm³/mol. The number of hydrogen-bond donors (Lipinski definition) is 1. The van der Waals surface area contributed by atoms with Gasteiger partial charge in [-0.1, -0.05) is 32.1 Å². The van der Waals surface area contributed by atoms with Gasteiger partial charge in [0.1, 0.15) is 6.10 Å². The molecule has 1 aromatic rings. The number of thiophene rings is 1. The van der Waals surface area contributed by atoms with Crippen molar-refractivity contribution in [3.63, 3.8) is 0 Å². The van der Waals surface area contributed by atoms with Crippen LogP contribution < -0.4 is 0 Å². The van der Waals surface area contributed by atoms with Gasteiger partial charge in [0.05, 0.1) is 30.1 Å². The van der Waals surface area contributed by atoms with Crippen LogP contribution in [0.3, 0.4) is 0 Å². The van der Waals surface area contributed by atoms with Crippen molar-refractivity contribution in [3.8, 4) is 11.8 Å². The Bertz CT molecular complexity index is 1030. The van der Waals surface area contributed by atoms with Crippen LogP contribution in [-0.4, -0.2) is 53.2 Å². The van der Waals surface area contributed by atoms with Gasteiger partial charge in [0, 0.05) is 17.4 Å². The second-order valence-electron chi connectivity index (χ2n) is 11.8. The SMILES string of the molecule is CCC(C)CCC(C)C(=O)[N+](=CC1CCC(OC2COC2)CC1)c1cc(C#CC(C)(C)C)sc1C(=O)O. The summed E-state index contributed by atoms with van der Waals surface area (Å²) < 4.78 is 13.0. The second kappa shape index (κ2) is 13.2. The lowest BCUT2D eigenvalue weighted by molar-refractivity contribution is -0.370. The molecule has 1 aliphatic carbocycles. The minimum atomic E-state index is -1.03. The molecule has 1 amide bonds. The topological polar surface area (TPSA) is 75.8 Å². The summed E-state index contributed by atoms with van der Waals surface area (Å²) in [6, 6.07) is 1.79. The van der Waals surface area contributed by atoms with Gasteiger partial charge in [0.2, 0.25) is 5.69 Å². The summed E-state index contributed by atoms with van der Waals surface area (Å²) >= 11 is 1.15. The Morgan fingerprint density at radius 2 is 1.86 bits per heavy atom. The van der Waals surface area contributed by atoms with Gasteiger partial charge in [0.15, 0.2) is 11.1 Å². The van der Waals surface area contributed by atoms with Gasteiger partial charge in [0.25, 0.3) is 0 Å². The number of rotatable bonds is 10. The number of carbonyl (C=O) groups is 2. The molecule has 204 valence electrons. The monoisotopic (exact) mass is 530 g/mol. The lowest BCUT2D eigenvalue weighted by atomic mass is 9.87. The molecular formula is C30H44NO5S+. The van der Waals surface area contributed by atoms with Gasteiger partial charge in [-0.15, -0.1) is 15.9 Å². The number of hydrogen-bond acceptors (Lipinski definition) is 5. The first-order chi connectivity index (χ1) is 17.5. The molecule has 2 atom stereocenters. The Hall–Kier alpha value is -2.01. The Morgan fingerprint density at radius 3 is 2.41 bits per heavy atom. The highest BCUT2D eigenvalue weighted by atomic mass is 32.1. The summed E-state index contributed by atoms with van der Waals surface area (Å²) in [4.78, 5) is 26.9. The predicted octanol–water partition coefficient (Wildman–Crippen LogP) is 6.52. The van der Waals surface area contributed by atoms with Gasteiger partial charge >= 0.3 is 11.9 Å². The first-order valence-corrected chi connectivity index (χ1v) is 14.6. The molecule has 1 aromatic heterocycles. The summed E-state index contributed by atoms with van der Waals surface area (Å²) in [6.45, 7) is 13.8. The number of nitrogens with zero attached hydrogens (tertiary/aromatic N) is 1. The maximum absolute atomic E-state index is 13.8. The van der Waals surface area contributed by atoms with Crippen LogP contribution in [0.5, 0.6) is 0 Å². The maximum Gasteiger partial charge on any atom is 0.395 e. The fraction of sp³-hybridized carbons (Fsp3) is 0.700. The van der Waals surface area contributed by atoms with Crippen molar-refractivity contribution in [2.45, 2.75) is 98.7 Å². The maximum atomic E-state index is 13.8. The first-order valence-electron chi connectivity index (χ1n) is 13.8. The molecule has 6 nitrogen and oxygen atoms in total. The smallest absolute Gasteiger partial charge is 0.395 e. The number of amides is 1. The molecule has 1 saturated heterocycles. The van der Waals surface area contributed by atoms with E-state index in [4.69, 9.17) is 9.47 Å². The van der Waals surface area contributed by atoms with Crippen LogP contribution in [0.15, 0.2) is 6.07 Å². The normalized spacial score (nSPS) is 22.5. The summed E-state index contributed by atoms with van der Waals surface area (Å²) in [5.41, 5.74) is 0.243. The van der Waals surface area contributed by atoms with Crippen molar-refractivity contribution in [2.75, 3.05) is 13.2 Å². The Morgan fingerprint density at radius 1 is 1.19 bits per heavy atom. The van der Waals surface area contributed by atoms with Crippen molar-refractivity contribution in [1.82, 2.24) is 0 Å². The molecule has 0 radical (unpaired) electrons. The molecule has 3 rings (SSSR count). The highest BCUT2D eigenvalue weighted by Crippen LogP contribution is 2.33. The summed E-state index contributed by atoms with van der Waals surface area (Å²) in [5.74, 6) is 5.81. The average molecular weight is 531 g/mol. The summed E-state index contributed by atoms with van der Waals surface area (Å²) in [6.07, 6.45) is 8.95. The van der Waals surface area contributed by atoms with Gasteiger partial charge in [-0.2, -0.15) is 0 Å². The highest BCUT2D eigenvalue weighted by molar-refractivity contribution is 7.15. The van der Waals surface area contributed by atoms with Crippen LogP contribution in [0, 0.1) is 35.0 Å². The molecule has 2 fully saturated rings. The molecular weight excluding hydrogens is 486 g/mol. The third-order valence-electron chi connectivity index (χ3n) is 7.25. The van der Waals surface area contributed by atoms with E-state index in [1.54, 1.807) is 10.6 Å². The molecule has 1 aliphatic heterocycles. The Labute approximate surface area is 226 Å². The van der Waals surface area contributed by atoms with Gasteiger partial charge in [-0.25, -0.2) is 9.59 Å². The van der Waals surface area contributed by atoms with Crippen molar-refractivity contribution < 1.29 is 28.7 Å². The third kappa shape index (κ3) is 8.77. The Balaban J connectivity index is 1.89. The number of carboxylic acids is 1. The average Bonchev–Trinajstić information content (AvgIpc) is 3.26. The van der Waals surface area contributed by atoms with Crippen molar-refractivity contribution in [1.29, 1.82) is 0 Å². The van der Waals surface area contributed by atoms with E-state index in [0.717, 1.165) is 56.3 Å². The molecule has 2 aliphatic rings. The molecule has 7 heteroatoms. The van der Waals surface area contributed by atoms with Gasteiger partial charge in [-0.3, -0.25) is 0 Å². The van der Waals surface area contributed by atoms with E-state index in [-0.39, 0.29) is 40.2 Å². The lowest BCUT2D eigenvalue weighted by Crippen LogP contribution is -2.40. The summed E-state index contributed by atoms with van der Waals surface area (Å²) in [7, 11) is 0. The molecule has 0 bridgehead atoms. The minimum absolute atomic E-state index is 0.0380. The fourth-order valence-corrected chi connectivity index (χ4v) is 5.39. The highest BCUT2D eigenvalue weighted by Gasteiger charge is 2.35. The molecule has 0 spiro atoms. The van der Waals surface area contributed by atoms with Gasteiger partial charge in [-0.05, 0) is 72.1 Å². The Kier molecular flexibility index (Phi) is 10.5. The number of carbonyl (C=O) groups excluding carboxylic acids is 1. The largest absolute Gasteiger partial charge is 0.477 e. The van der Waals surface area contributed by atoms with Crippen molar-refractivity contribution in [2.24, 2.45) is 23.2 Å². The van der Waals surface area contributed by atoms with E-state index in [2.05, 4.69) is 25.7 Å². The van der Waals surface area contributed by atoms with E-state index in [1.807, 2.05) is 33.9 Å². The second-order valence-corrected chi connectivity index (χ2v) is 12.9. The van der Waals surface area contributed by atoms with Crippen molar-refractivity contribution >= 4 is 35.1 Å². The lowest BCUT2D eigenvalue weighted by Gasteiger charge is -2.33. The zero-order chi connectivity index (χ0) is 27.2. The quantitative estimate of drug-likeness (QED) is 0.212. The molecule has 1 N–H and O–H groups in total. The zero-order valence-electron chi connectivity index (χ0n) is 23.3. The van der Waals surface area contributed by atoms with E-state index in [9.17, 15) is 14.7 Å². The minimum Gasteiger partial charge on any atom is -0.477 e. The van der Waals surface area contributed by atoms with E-state index in [1.165, 1.54) is 0 Å². The van der Waals surface area contributed by atoms with Crippen LogP contribution in [0.2, 0.25) is 0 Å². The van der Waals surface area contributed by atoms with Crippen LogP contribution in [0.4, 0.5) is 5.69 Å². The molecule has 2 unspecified atom stereocenters. The number of aromatic carboxylic acids is 1. The molecule has 37 heavy (non-hydrogen) atoms. The van der Waals surface area contributed by atoms with E-state index >= 15 is 0 Å². The van der Waals surface area contributed by atoms with Gasteiger partial charge < -0.3 is 14.6 Å². The third-order valence-corrected chi connectivity index (χ3v) is 8.27. The van der Waals surface area contributed by atoms with Crippen LogP contribution in [-0.2, 0) is 14.3 Å². The number of ether oxygens (including phenoxy) is 2. The van der Waals surface area contributed by atoms with Crippen LogP contribution >= 0.6 is 11.3 Å². The molecule has 2 heterocycles. The molecule has 0 aromatic carbocycles.